The highest BCUT2D eigenvalue weighted by Gasteiger charge is 2.46. The first-order valence-corrected chi connectivity index (χ1v) is 16.3. The summed E-state index contributed by atoms with van der Waals surface area (Å²) in [5.74, 6) is 0. The average Bonchev–Trinajstić information content (AvgIpc) is 2.82. The Morgan fingerprint density at radius 3 is 1.06 bits per heavy atom. The van der Waals surface area contributed by atoms with Gasteiger partial charge >= 0.3 is 8.80 Å². The predicted molar refractivity (Wildman–Crippen MR) is 147 cm³/mol. The Balaban J connectivity index is 0. The molecule has 0 aromatic carbocycles. The van der Waals surface area contributed by atoms with Gasteiger partial charge in [0.05, 0.1) is 5.67 Å². The van der Waals surface area contributed by atoms with Crippen LogP contribution in [0, 0.1) is 0 Å². The minimum Gasteiger partial charge on any atom is -0.373 e. The molecular weight excluding hydrogens is 428 g/mol. The molecule has 0 spiro atoms. The van der Waals surface area contributed by atoms with Crippen LogP contribution in [-0.4, -0.2) is 40.8 Å². The summed E-state index contributed by atoms with van der Waals surface area (Å²) in [5.41, 5.74) is 11.4. The van der Waals surface area contributed by atoms with Crippen molar-refractivity contribution in [2.45, 2.75) is 149 Å². The molecule has 0 aliphatic carbocycles. The zero-order valence-corrected chi connectivity index (χ0v) is 24.3. The van der Waals surface area contributed by atoms with E-state index in [4.69, 9.17) is 24.7 Å². The molecule has 0 saturated carbocycles. The van der Waals surface area contributed by atoms with Gasteiger partial charge in [-0.15, -0.1) is 0 Å². The van der Waals surface area contributed by atoms with Crippen molar-refractivity contribution in [3.8, 4) is 0 Å². The first kappa shape index (κ1) is 35.2. The number of rotatable bonds is 24. The van der Waals surface area contributed by atoms with E-state index in [-0.39, 0.29) is 5.67 Å². The monoisotopic (exact) mass is 490 g/mol. The maximum atomic E-state index is 6.00. The van der Waals surface area contributed by atoms with E-state index in [1.165, 1.54) is 103 Å². The summed E-state index contributed by atoms with van der Waals surface area (Å²) in [6, 6.07) is 0. The number of unbranched alkanes of at least 4 members (excludes halogenated alkanes) is 15. The van der Waals surface area contributed by atoms with Crippen LogP contribution >= 0.6 is 0 Å². The van der Waals surface area contributed by atoms with Crippen molar-refractivity contribution in [1.82, 2.24) is 0 Å². The highest BCUT2D eigenvalue weighted by molar-refractivity contribution is 6.62. The summed E-state index contributed by atoms with van der Waals surface area (Å²) in [4.78, 5) is 0. The van der Waals surface area contributed by atoms with Gasteiger partial charge in [-0.05, 0) is 40.2 Å². The maximum Gasteiger partial charge on any atom is 0.518 e. The molecule has 0 saturated heterocycles. The van der Waals surface area contributed by atoms with Crippen molar-refractivity contribution >= 4 is 8.80 Å². The van der Waals surface area contributed by atoms with Gasteiger partial charge in [-0.1, -0.05) is 110 Å². The van der Waals surface area contributed by atoms with E-state index in [9.17, 15) is 0 Å². The molecule has 5 nitrogen and oxygen atoms in total. The third-order valence-corrected chi connectivity index (χ3v) is 9.38. The van der Waals surface area contributed by atoms with Crippen molar-refractivity contribution in [2.75, 3.05) is 26.4 Å². The van der Waals surface area contributed by atoms with Crippen molar-refractivity contribution in [3.05, 3.63) is 0 Å². The van der Waals surface area contributed by atoms with Crippen molar-refractivity contribution in [3.63, 3.8) is 0 Å². The summed E-state index contributed by atoms with van der Waals surface area (Å²) in [5, 5.41) is 0. The van der Waals surface area contributed by atoms with E-state index in [0.717, 1.165) is 13.0 Å². The second kappa shape index (κ2) is 28.3. The minimum atomic E-state index is -2.62. The van der Waals surface area contributed by atoms with Crippen LogP contribution in [0.2, 0.25) is 0 Å². The zero-order chi connectivity index (χ0) is 25.0. The van der Waals surface area contributed by atoms with Gasteiger partial charge in [-0.2, -0.15) is 0 Å². The van der Waals surface area contributed by atoms with Gasteiger partial charge < -0.3 is 24.7 Å². The average molecular weight is 491 g/mol. The molecule has 1 atom stereocenters. The molecule has 202 valence electrons. The molecule has 33 heavy (non-hydrogen) atoms. The minimum absolute atomic E-state index is 0.123. The fraction of sp³-hybridized carbons (Fsp3) is 1.00. The lowest BCUT2D eigenvalue weighted by atomic mass is 10.0. The number of nitrogens with two attached hydrogens (primary N) is 2. The second-order valence-electron chi connectivity index (χ2n) is 9.01. The molecule has 0 rings (SSSR count). The Morgan fingerprint density at radius 1 is 0.515 bits per heavy atom. The molecule has 0 heterocycles. The van der Waals surface area contributed by atoms with Gasteiger partial charge in [0.15, 0.2) is 0 Å². The van der Waals surface area contributed by atoms with E-state index in [2.05, 4.69) is 6.92 Å². The van der Waals surface area contributed by atoms with Crippen molar-refractivity contribution in [1.29, 1.82) is 0 Å². The van der Waals surface area contributed by atoms with Crippen LogP contribution in [0.15, 0.2) is 0 Å². The predicted octanol–water partition coefficient (Wildman–Crippen LogP) is 7.52. The lowest BCUT2D eigenvalue weighted by Crippen LogP contribution is -2.60. The highest BCUT2D eigenvalue weighted by atomic mass is 28.4. The molecular formula is C27H62N2O3Si. The Kier molecular flexibility index (Phi) is 30.1. The summed E-state index contributed by atoms with van der Waals surface area (Å²) in [6.45, 7) is 12.7. The maximum absolute atomic E-state index is 6.00. The van der Waals surface area contributed by atoms with Crippen LogP contribution in [-0.2, 0) is 13.3 Å². The lowest BCUT2D eigenvalue weighted by Gasteiger charge is -2.32. The summed E-state index contributed by atoms with van der Waals surface area (Å²) < 4.78 is 16.9. The number of hydrogen-bond donors (Lipinski definition) is 2. The zero-order valence-electron chi connectivity index (χ0n) is 23.3. The Bertz CT molecular complexity index is 329. The van der Waals surface area contributed by atoms with E-state index in [0.29, 0.717) is 19.8 Å². The third kappa shape index (κ3) is 22.2. The summed E-state index contributed by atoms with van der Waals surface area (Å²) >= 11 is 0. The Hall–Kier alpha value is 0.0169. The molecule has 0 aliphatic rings. The van der Waals surface area contributed by atoms with Gasteiger partial charge in [-0.25, -0.2) is 0 Å². The van der Waals surface area contributed by atoms with Crippen molar-refractivity contribution in [2.24, 2.45) is 11.5 Å². The largest absolute Gasteiger partial charge is 0.518 e. The van der Waals surface area contributed by atoms with Gasteiger partial charge in [0.1, 0.15) is 0 Å². The Morgan fingerprint density at radius 2 is 0.818 bits per heavy atom. The van der Waals surface area contributed by atoms with E-state index < -0.39 is 8.80 Å². The van der Waals surface area contributed by atoms with Gasteiger partial charge in [0.2, 0.25) is 0 Å². The standard InChI is InChI=1S/C18H39N.C9H23NO3Si/c1-2-3-4-5-6-7-8-9-10-11-12-13-14-15-16-17-18-19;1-5-9(10)14(11-6-2,12-7-3)13-8-4/h2-19H2,1H3;9H,5-8,10H2,1-4H3. The Labute approximate surface area is 209 Å². The first-order chi connectivity index (χ1) is 16.1. The van der Waals surface area contributed by atoms with Crippen LogP contribution < -0.4 is 11.5 Å². The van der Waals surface area contributed by atoms with Crippen LogP contribution in [0.1, 0.15) is 144 Å². The molecule has 0 aliphatic heterocycles. The molecule has 4 N–H and O–H groups in total. The van der Waals surface area contributed by atoms with E-state index in [1.807, 2.05) is 27.7 Å². The fourth-order valence-corrected chi connectivity index (χ4v) is 6.59. The normalized spacial score (nSPS) is 12.5. The summed E-state index contributed by atoms with van der Waals surface area (Å²) in [6.07, 6.45) is 23.7. The summed E-state index contributed by atoms with van der Waals surface area (Å²) in [7, 11) is -2.62. The lowest BCUT2D eigenvalue weighted by molar-refractivity contribution is 0.0618. The molecule has 0 fully saturated rings. The topological polar surface area (TPSA) is 79.7 Å². The van der Waals surface area contributed by atoms with Crippen LogP contribution in [0.4, 0.5) is 0 Å². The smallest absolute Gasteiger partial charge is 0.373 e. The van der Waals surface area contributed by atoms with Crippen LogP contribution in [0.5, 0.6) is 0 Å². The van der Waals surface area contributed by atoms with Crippen molar-refractivity contribution < 1.29 is 13.3 Å². The SMILES string of the molecule is CCCCCCCCCCCCCCCCCCN.CCO[Si](OCC)(OCC)C(N)CC. The highest BCUT2D eigenvalue weighted by Crippen LogP contribution is 2.16. The second-order valence-corrected chi connectivity index (χ2v) is 11.8. The van der Waals surface area contributed by atoms with Crippen LogP contribution in [0.3, 0.4) is 0 Å². The van der Waals surface area contributed by atoms with Gasteiger partial charge in [-0.3, -0.25) is 0 Å². The molecule has 6 heteroatoms. The molecule has 1 unspecified atom stereocenters. The van der Waals surface area contributed by atoms with Crippen LogP contribution in [0.25, 0.3) is 0 Å². The third-order valence-electron chi connectivity index (χ3n) is 5.99. The quantitative estimate of drug-likeness (QED) is 0.108. The molecule has 0 aromatic rings. The fourth-order valence-electron chi connectivity index (χ4n) is 3.99. The number of hydrogen-bond acceptors (Lipinski definition) is 5. The molecule has 0 radical (unpaired) electrons. The molecule has 0 amide bonds. The van der Waals surface area contributed by atoms with Gasteiger partial charge in [0.25, 0.3) is 0 Å². The molecule has 0 bridgehead atoms. The molecule has 0 aromatic heterocycles. The van der Waals surface area contributed by atoms with E-state index in [1.54, 1.807) is 0 Å². The first-order valence-electron chi connectivity index (χ1n) is 14.5. The van der Waals surface area contributed by atoms with Gasteiger partial charge in [0, 0.05) is 19.8 Å². The van der Waals surface area contributed by atoms with E-state index >= 15 is 0 Å².